The van der Waals surface area contributed by atoms with Gasteiger partial charge in [-0.05, 0) is 61.1 Å². The normalized spacial score (nSPS) is 20.0. The number of nitrogens with zero attached hydrogens (tertiary/aromatic N) is 1. The average molecular weight is 364 g/mol. The summed E-state index contributed by atoms with van der Waals surface area (Å²) in [6.45, 7) is 3.47. The van der Waals surface area contributed by atoms with Gasteiger partial charge in [0.15, 0.2) is 15.8 Å². The highest BCUT2D eigenvalue weighted by Gasteiger charge is 2.48. The zero-order valence-corrected chi connectivity index (χ0v) is 16.2. The minimum absolute atomic E-state index is 0.398. The molecule has 3 rings (SSSR count). The fourth-order valence-electron chi connectivity index (χ4n) is 3.96. The van der Waals surface area contributed by atoms with Gasteiger partial charge in [0.1, 0.15) is 0 Å². The number of benzene rings is 1. The van der Waals surface area contributed by atoms with E-state index in [0.717, 1.165) is 29.5 Å². The van der Waals surface area contributed by atoms with Gasteiger partial charge in [-0.15, -0.1) is 0 Å². The van der Waals surface area contributed by atoms with Crippen molar-refractivity contribution in [2.45, 2.75) is 50.5 Å². The highest BCUT2D eigenvalue weighted by molar-refractivity contribution is 7.90. The number of hydrogen-bond acceptors (Lipinski definition) is 3. The number of hydrogen-bond donors (Lipinski definition) is 2. The smallest absolute Gasteiger partial charge is 0.191 e. The zero-order chi connectivity index (χ0) is 18.1. The number of nitrogens with one attached hydrogen (secondary N) is 2. The van der Waals surface area contributed by atoms with E-state index in [-0.39, 0.29) is 0 Å². The van der Waals surface area contributed by atoms with E-state index in [4.69, 9.17) is 0 Å². The summed E-state index contributed by atoms with van der Waals surface area (Å²) in [7, 11) is -1.38. The van der Waals surface area contributed by atoms with Crippen LogP contribution in [0.2, 0.25) is 0 Å². The van der Waals surface area contributed by atoms with Crippen molar-refractivity contribution < 1.29 is 8.42 Å². The van der Waals surface area contributed by atoms with E-state index in [1.807, 2.05) is 19.1 Å². The monoisotopic (exact) mass is 363 g/mol. The fourth-order valence-corrected chi connectivity index (χ4v) is 4.92. The number of aliphatic imine (C=N–C) groups is 1. The van der Waals surface area contributed by atoms with Gasteiger partial charge in [0.05, 0.1) is 4.90 Å². The lowest BCUT2D eigenvalue weighted by Crippen LogP contribution is -2.47. The highest BCUT2D eigenvalue weighted by Crippen LogP contribution is 2.56. The molecule has 2 saturated carbocycles. The maximum Gasteiger partial charge on any atom is 0.191 e. The molecule has 0 atom stereocenters. The van der Waals surface area contributed by atoms with Crippen LogP contribution in [0.4, 0.5) is 0 Å². The predicted octanol–water partition coefficient (Wildman–Crippen LogP) is 2.64. The molecule has 2 aliphatic rings. The first-order chi connectivity index (χ1) is 11.8. The summed E-state index contributed by atoms with van der Waals surface area (Å²) in [5, 5.41) is 6.84. The molecular formula is C19H29N3O2S. The molecule has 2 fully saturated rings. The Labute approximate surface area is 151 Å². The van der Waals surface area contributed by atoms with Crippen molar-refractivity contribution >= 4 is 15.8 Å². The molecule has 1 aromatic rings. The Morgan fingerprint density at radius 2 is 2.00 bits per heavy atom. The lowest BCUT2D eigenvalue weighted by Gasteiger charge is -2.43. The van der Waals surface area contributed by atoms with E-state index in [1.165, 1.54) is 38.4 Å². The minimum atomic E-state index is -3.17. The molecule has 5 nitrogen and oxygen atoms in total. The summed E-state index contributed by atoms with van der Waals surface area (Å²) in [6, 6.07) is 5.48. The molecular weight excluding hydrogens is 334 g/mol. The molecule has 0 radical (unpaired) electrons. The van der Waals surface area contributed by atoms with Crippen molar-refractivity contribution in [3.05, 3.63) is 29.3 Å². The van der Waals surface area contributed by atoms with Gasteiger partial charge in [-0.3, -0.25) is 4.99 Å². The molecule has 25 heavy (non-hydrogen) atoms. The van der Waals surface area contributed by atoms with Crippen LogP contribution in [0.15, 0.2) is 28.1 Å². The first-order valence-corrected chi connectivity index (χ1v) is 11.0. The summed E-state index contributed by atoms with van der Waals surface area (Å²) >= 11 is 0. The van der Waals surface area contributed by atoms with Gasteiger partial charge in [0.2, 0.25) is 0 Å². The third-order valence-electron chi connectivity index (χ3n) is 5.72. The van der Waals surface area contributed by atoms with Crippen molar-refractivity contribution in [3.8, 4) is 0 Å². The van der Waals surface area contributed by atoms with Gasteiger partial charge >= 0.3 is 0 Å². The van der Waals surface area contributed by atoms with E-state index < -0.39 is 9.84 Å². The Bertz CT molecular complexity index is 763. The van der Waals surface area contributed by atoms with E-state index in [2.05, 4.69) is 15.6 Å². The Morgan fingerprint density at radius 1 is 1.28 bits per heavy atom. The molecule has 6 heteroatoms. The second-order valence-electron chi connectivity index (χ2n) is 7.64. The van der Waals surface area contributed by atoms with E-state index in [1.54, 1.807) is 13.1 Å². The Kier molecular flexibility index (Phi) is 5.09. The Morgan fingerprint density at radius 3 is 2.48 bits per heavy atom. The maximum atomic E-state index is 11.7. The van der Waals surface area contributed by atoms with Crippen molar-refractivity contribution in [2.75, 3.05) is 19.8 Å². The highest BCUT2D eigenvalue weighted by atomic mass is 32.2. The molecule has 0 saturated heterocycles. The van der Waals surface area contributed by atoms with Gasteiger partial charge < -0.3 is 10.6 Å². The molecule has 0 amide bonds. The summed E-state index contributed by atoms with van der Waals surface area (Å²) < 4.78 is 23.4. The van der Waals surface area contributed by atoms with Crippen LogP contribution in [0.5, 0.6) is 0 Å². The lowest BCUT2D eigenvalue weighted by molar-refractivity contribution is 0.106. The first-order valence-electron chi connectivity index (χ1n) is 9.08. The topological polar surface area (TPSA) is 70.6 Å². The van der Waals surface area contributed by atoms with Crippen LogP contribution in [0.3, 0.4) is 0 Å². The molecule has 0 aromatic heterocycles. The summed E-state index contributed by atoms with van der Waals surface area (Å²) in [5.74, 6) is 1.73. The van der Waals surface area contributed by atoms with Crippen LogP contribution in [-0.2, 0) is 16.4 Å². The predicted molar refractivity (Wildman–Crippen MR) is 101 cm³/mol. The van der Waals surface area contributed by atoms with Crippen LogP contribution in [-0.4, -0.2) is 34.2 Å². The number of aryl methyl sites for hydroxylation is 1. The third kappa shape index (κ3) is 4.17. The maximum absolute atomic E-state index is 11.7. The second kappa shape index (κ2) is 6.98. The number of guanidine groups is 1. The van der Waals surface area contributed by atoms with Crippen molar-refractivity contribution in [2.24, 2.45) is 16.3 Å². The van der Waals surface area contributed by atoms with Gasteiger partial charge in [-0.1, -0.05) is 18.6 Å². The fraction of sp³-hybridized carbons (Fsp3) is 0.632. The standard InChI is InChI=1S/C19H29N3O2S/c1-14-11-15(5-8-17(14)25(3,23)24)12-21-18(20-2)22-13-19(9-4-10-19)16-6-7-16/h5,8,11,16H,4,6-7,9-10,12-13H2,1-3H3,(H2,20,21,22). The Balaban J connectivity index is 1.55. The summed E-state index contributed by atoms with van der Waals surface area (Å²) in [4.78, 5) is 4.72. The second-order valence-corrected chi connectivity index (χ2v) is 9.63. The molecule has 0 heterocycles. The average Bonchev–Trinajstić information content (AvgIpc) is 3.33. The lowest BCUT2D eigenvalue weighted by atomic mass is 9.65. The molecule has 2 N–H and O–H groups in total. The van der Waals surface area contributed by atoms with Crippen LogP contribution in [0, 0.1) is 18.3 Å². The van der Waals surface area contributed by atoms with Crippen molar-refractivity contribution in [1.82, 2.24) is 10.6 Å². The quantitative estimate of drug-likeness (QED) is 0.602. The van der Waals surface area contributed by atoms with E-state index in [0.29, 0.717) is 16.9 Å². The molecule has 0 bridgehead atoms. The van der Waals surface area contributed by atoms with Gasteiger partial charge in [0.25, 0.3) is 0 Å². The molecule has 0 unspecified atom stereocenters. The minimum Gasteiger partial charge on any atom is -0.356 e. The van der Waals surface area contributed by atoms with Crippen LogP contribution >= 0.6 is 0 Å². The van der Waals surface area contributed by atoms with Crippen molar-refractivity contribution in [1.29, 1.82) is 0 Å². The molecule has 0 spiro atoms. The molecule has 1 aromatic carbocycles. The van der Waals surface area contributed by atoms with Gasteiger partial charge in [0, 0.05) is 26.4 Å². The third-order valence-corrected chi connectivity index (χ3v) is 6.98. The van der Waals surface area contributed by atoms with Gasteiger partial charge in [-0.25, -0.2) is 8.42 Å². The molecule has 2 aliphatic carbocycles. The largest absolute Gasteiger partial charge is 0.356 e. The summed E-state index contributed by atoms with van der Waals surface area (Å²) in [5.41, 5.74) is 2.34. The summed E-state index contributed by atoms with van der Waals surface area (Å²) in [6.07, 6.45) is 8.06. The van der Waals surface area contributed by atoms with Crippen LogP contribution < -0.4 is 10.6 Å². The van der Waals surface area contributed by atoms with Crippen LogP contribution in [0.25, 0.3) is 0 Å². The van der Waals surface area contributed by atoms with E-state index >= 15 is 0 Å². The van der Waals surface area contributed by atoms with Crippen LogP contribution in [0.1, 0.15) is 43.2 Å². The van der Waals surface area contributed by atoms with Gasteiger partial charge in [-0.2, -0.15) is 0 Å². The number of rotatable bonds is 6. The van der Waals surface area contributed by atoms with Crippen molar-refractivity contribution in [3.63, 3.8) is 0 Å². The molecule has 138 valence electrons. The molecule has 0 aliphatic heterocycles. The zero-order valence-electron chi connectivity index (χ0n) is 15.4. The SMILES string of the molecule is CN=C(NCc1ccc(S(C)(=O)=O)c(C)c1)NCC1(C2CC2)CCC1. The first kappa shape index (κ1) is 18.2. The number of sulfone groups is 1. The Hall–Kier alpha value is -1.56. The van der Waals surface area contributed by atoms with E-state index in [9.17, 15) is 8.42 Å².